The number of hydrogen-bond acceptors (Lipinski definition) is 10. The van der Waals surface area contributed by atoms with Crippen molar-refractivity contribution in [3.63, 3.8) is 0 Å². The maximum Gasteiger partial charge on any atom is 0.305 e. The summed E-state index contributed by atoms with van der Waals surface area (Å²) in [7, 11) is 0. The Kier molecular flexibility index (Phi) is 17.7. The molecular weight excluding hydrogens is 696 g/mol. The van der Waals surface area contributed by atoms with Crippen LogP contribution in [-0.4, -0.2) is 104 Å². The number of rotatable bonds is 21. The summed E-state index contributed by atoms with van der Waals surface area (Å²) >= 11 is 0. The molecule has 293 valence electrons. The molecule has 0 aliphatic rings. The zero-order chi connectivity index (χ0) is 40.8. The Hall–Kier alpha value is -5.39. The largest absolute Gasteiger partial charge is 0.481 e. The molecule has 9 N–H and O–H groups in total. The number of carbonyl (C=O) groups is 9. The highest BCUT2D eigenvalue weighted by Gasteiger charge is 2.45. The van der Waals surface area contributed by atoms with Crippen LogP contribution in [0.25, 0.3) is 0 Å². The Balaban J connectivity index is 3.88. The average Bonchev–Trinajstić information content (AvgIpc) is 3.02. The number of carboxylic acids is 3. The number of nitrogens with two attached hydrogens (primary N) is 1. The monoisotopic (exact) mass is 747 g/mol. The van der Waals surface area contributed by atoms with Crippen molar-refractivity contribution in [3.8, 4) is 0 Å². The van der Waals surface area contributed by atoms with Gasteiger partial charge in [0.1, 0.15) is 24.2 Å². The third kappa shape index (κ3) is 15.4. The van der Waals surface area contributed by atoms with Gasteiger partial charge in [-0.3, -0.25) is 53.8 Å². The molecule has 0 heterocycles. The fourth-order valence-corrected chi connectivity index (χ4v) is 5.38. The lowest BCUT2D eigenvalue weighted by atomic mass is 9.83. The van der Waals surface area contributed by atoms with Crippen LogP contribution in [0.2, 0.25) is 0 Å². The van der Waals surface area contributed by atoms with E-state index in [1.165, 1.54) is 20.8 Å². The molecule has 18 heteroatoms. The van der Waals surface area contributed by atoms with Gasteiger partial charge in [0.2, 0.25) is 23.6 Å². The van der Waals surface area contributed by atoms with Crippen LogP contribution in [0.5, 0.6) is 0 Å². The van der Waals surface area contributed by atoms with Gasteiger partial charge in [0.25, 0.3) is 11.8 Å². The van der Waals surface area contributed by atoms with E-state index in [9.17, 15) is 53.4 Å². The summed E-state index contributed by atoms with van der Waals surface area (Å²) in [6.07, 6.45) is -3.74. The lowest BCUT2D eigenvalue weighted by Crippen LogP contribution is -2.64. The fraction of sp³-hybridized carbons (Fsp3) is 0.571. The summed E-state index contributed by atoms with van der Waals surface area (Å²) in [5.41, 5.74) is 13.2. The van der Waals surface area contributed by atoms with Crippen LogP contribution >= 0.6 is 0 Å². The quantitative estimate of drug-likeness (QED) is 0.0882. The van der Waals surface area contributed by atoms with Crippen LogP contribution in [0, 0.1) is 18.3 Å². The Morgan fingerprint density at radius 2 is 1.32 bits per heavy atom. The number of carboxylic acid groups (broad SMARTS) is 3. The number of aryl methyl sites for hydroxylation is 1. The van der Waals surface area contributed by atoms with Gasteiger partial charge in [0, 0.05) is 19.3 Å². The molecule has 0 saturated carbocycles. The van der Waals surface area contributed by atoms with E-state index in [2.05, 4.69) is 16.0 Å². The lowest BCUT2D eigenvalue weighted by molar-refractivity contribution is -0.159. The second-order valence-corrected chi connectivity index (χ2v) is 14.2. The highest BCUT2D eigenvalue weighted by Crippen LogP contribution is 2.28. The molecule has 0 unspecified atom stereocenters. The van der Waals surface area contributed by atoms with Gasteiger partial charge in [-0.25, -0.2) is 0 Å². The Morgan fingerprint density at radius 1 is 0.774 bits per heavy atom. The van der Waals surface area contributed by atoms with E-state index in [1.54, 1.807) is 45.0 Å². The van der Waals surface area contributed by atoms with Gasteiger partial charge in [-0.2, -0.15) is 0 Å². The van der Waals surface area contributed by atoms with Crippen molar-refractivity contribution in [1.29, 1.82) is 0 Å². The topological polar surface area (TPSA) is 303 Å². The van der Waals surface area contributed by atoms with Crippen molar-refractivity contribution in [2.45, 2.75) is 117 Å². The molecule has 0 aliphatic heterocycles. The third-order valence-corrected chi connectivity index (χ3v) is 8.04. The van der Waals surface area contributed by atoms with Crippen LogP contribution in [0.3, 0.4) is 0 Å². The minimum Gasteiger partial charge on any atom is -0.481 e. The summed E-state index contributed by atoms with van der Waals surface area (Å²) in [6, 6.07) is -1.34. The number of nitrogens with zero attached hydrogens (tertiary/aromatic N) is 1. The lowest BCUT2D eigenvalue weighted by Gasteiger charge is -2.40. The minimum atomic E-state index is -1.71. The highest BCUT2D eigenvalue weighted by atomic mass is 16.4. The SMILES string of the molecule is Cc1ccccc1C[C@H](NC(=O)[C@H](CCC(=O)O)NC(=O)[C@@H](N)CC(=O)O)C(=O)N(C(=O)CCC(=O)O)[C@H](C(=O)N[C@@H](CC(C)C)C([NH])=O)C(C)(C)C. The van der Waals surface area contributed by atoms with Crippen LogP contribution in [0.15, 0.2) is 24.3 Å². The van der Waals surface area contributed by atoms with E-state index < -0.39 is 121 Å². The fourth-order valence-electron chi connectivity index (χ4n) is 5.38. The highest BCUT2D eigenvalue weighted by molar-refractivity contribution is 6.05. The molecule has 0 aromatic heterocycles. The maximum absolute atomic E-state index is 14.7. The van der Waals surface area contributed by atoms with Gasteiger partial charge in [0.15, 0.2) is 0 Å². The van der Waals surface area contributed by atoms with E-state index in [0.717, 1.165) is 0 Å². The first-order valence-electron chi connectivity index (χ1n) is 16.9. The molecular formula is C35H51N6O12. The van der Waals surface area contributed by atoms with Crippen LogP contribution in [-0.2, 0) is 49.6 Å². The number of nitrogens with one attached hydrogen (secondary N) is 4. The number of amides is 6. The van der Waals surface area contributed by atoms with Gasteiger partial charge in [-0.15, -0.1) is 0 Å². The number of hydrogen-bond donors (Lipinski definition) is 7. The normalized spacial score (nSPS) is 14.1. The van der Waals surface area contributed by atoms with E-state index in [0.29, 0.717) is 16.0 Å². The van der Waals surface area contributed by atoms with E-state index in [4.69, 9.17) is 16.6 Å². The predicted octanol–water partition coefficient (Wildman–Crippen LogP) is 0.149. The van der Waals surface area contributed by atoms with Crippen LogP contribution in [0.4, 0.5) is 0 Å². The first-order chi connectivity index (χ1) is 24.5. The molecule has 5 atom stereocenters. The van der Waals surface area contributed by atoms with Crippen molar-refractivity contribution in [3.05, 3.63) is 35.4 Å². The van der Waals surface area contributed by atoms with Gasteiger partial charge in [-0.05, 0) is 42.2 Å². The smallest absolute Gasteiger partial charge is 0.305 e. The molecule has 1 aromatic rings. The minimum absolute atomic E-state index is 0.0530. The molecule has 1 rings (SSSR count). The second kappa shape index (κ2) is 20.6. The number of carbonyl (C=O) groups excluding carboxylic acids is 6. The van der Waals surface area contributed by atoms with E-state index >= 15 is 0 Å². The summed E-state index contributed by atoms with van der Waals surface area (Å²) in [5.74, 6) is -10.9. The van der Waals surface area contributed by atoms with Gasteiger partial charge >= 0.3 is 17.9 Å². The summed E-state index contributed by atoms with van der Waals surface area (Å²) < 4.78 is 0. The first-order valence-corrected chi connectivity index (χ1v) is 16.9. The molecule has 0 fully saturated rings. The maximum atomic E-state index is 14.7. The van der Waals surface area contributed by atoms with Gasteiger partial charge in [0.05, 0.1) is 18.9 Å². The molecule has 0 bridgehead atoms. The van der Waals surface area contributed by atoms with Crippen molar-refractivity contribution in [2.75, 3.05) is 0 Å². The standard InChI is InChI=1S/C35H51N6O12/c1-18(2)15-23(30(37)49)39-33(52)29(35(4,5)6)41(25(42)12-14-27(45)46)34(53)24(16-20-10-8-7-9-19(20)3)40-32(51)22(11-13-26(43)44)38-31(50)21(36)17-28(47)48/h7-10,18,21-24,29,37H,11-17,36H2,1-6H3,(H,38,50)(H,39,52)(H,40,51)(H,43,44)(H,45,46)(H,47,48)/t21-,22-,23-,24-,29+/m0/s1. The predicted molar refractivity (Wildman–Crippen MR) is 187 cm³/mol. The molecule has 53 heavy (non-hydrogen) atoms. The first kappa shape index (κ1) is 45.6. The molecule has 0 aliphatic carbocycles. The number of aliphatic carboxylic acids is 3. The van der Waals surface area contributed by atoms with E-state index in [-0.39, 0.29) is 18.8 Å². The molecule has 0 saturated heterocycles. The van der Waals surface area contributed by atoms with Crippen molar-refractivity contribution in [2.24, 2.45) is 17.1 Å². The van der Waals surface area contributed by atoms with E-state index in [1.807, 2.05) is 0 Å². The molecule has 1 aromatic carbocycles. The molecule has 18 nitrogen and oxygen atoms in total. The van der Waals surface area contributed by atoms with Crippen LogP contribution < -0.4 is 27.4 Å². The molecule has 0 spiro atoms. The zero-order valence-corrected chi connectivity index (χ0v) is 30.8. The molecule has 1 radical (unpaired) electrons. The Morgan fingerprint density at radius 3 is 1.81 bits per heavy atom. The molecule has 6 amide bonds. The number of imide groups is 1. The number of benzene rings is 1. The third-order valence-electron chi connectivity index (χ3n) is 8.04. The van der Waals surface area contributed by atoms with Crippen molar-refractivity contribution in [1.82, 2.24) is 26.6 Å². The van der Waals surface area contributed by atoms with Crippen molar-refractivity contribution < 1.29 is 58.5 Å². The summed E-state index contributed by atoms with van der Waals surface area (Å²) in [6.45, 7) is 9.73. The summed E-state index contributed by atoms with van der Waals surface area (Å²) in [4.78, 5) is 116. The second-order valence-electron chi connectivity index (χ2n) is 14.2. The summed E-state index contributed by atoms with van der Waals surface area (Å²) in [5, 5.41) is 34.8. The average molecular weight is 748 g/mol. The van der Waals surface area contributed by atoms with Crippen molar-refractivity contribution >= 4 is 53.4 Å². The zero-order valence-electron chi connectivity index (χ0n) is 30.8. The Bertz CT molecular complexity index is 1540. The van der Waals surface area contributed by atoms with Gasteiger partial charge < -0.3 is 37.0 Å². The Labute approximate surface area is 307 Å². The van der Waals surface area contributed by atoms with Gasteiger partial charge in [-0.1, -0.05) is 58.9 Å². The van der Waals surface area contributed by atoms with Crippen LogP contribution in [0.1, 0.15) is 84.3 Å².